The fourth-order valence-corrected chi connectivity index (χ4v) is 2.72. The van der Waals surface area contributed by atoms with Crippen molar-refractivity contribution in [3.63, 3.8) is 0 Å². The molecule has 1 aliphatic carbocycles. The number of aryl methyl sites for hydroxylation is 1. The average molecular weight is 246 g/mol. The Morgan fingerprint density at radius 2 is 1.83 bits per heavy atom. The maximum absolute atomic E-state index is 11.1. The van der Waals surface area contributed by atoms with Crippen LogP contribution in [0, 0.1) is 0 Å². The largest absolute Gasteiger partial charge is 0.294 e. The highest BCUT2D eigenvalue weighted by Crippen LogP contribution is 2.32. The quantitative estimate of drug-likeness (QED) is 0.487. The Morgan fingerprint density at radius 3 is 2.44 bits per heavy atom. The van der Waals surface area contributed by atoms with E-state index in [4.69, 9.17) is 5.84 Å². The van der Waals surface area contributed by atoms with Gasteiger partial charge in [0, 0.05) is 6.42 Å². The summed E-state index contributed by atoms with van der Waals surface area (Å²) < 4.78 is 0. The predicted octanol–water partition coefficient (Wildman–Crippen LogP) is 2.66. The Balaban J connectivity index is 1.90. The van der Waals surface area contributed by atoms with E-state index in [-0.39, 0.29) is 5.91 Å². The summed E-state index contributed by atoms with van der Waals surface area (Å²) in [6.07, 6.45) is 7.99. The Morgan fingerprint density at radius 1 is 1.17 bits per heavy atom. The Kier molecular flexibility index (Phi) is 4.76. The van der Waals surface area contributed by atoms with Crippen molar-refractivity contribution in [1.29, 1.82) is 0 Å². The van der Waals surface area contributed by atoms with Crippen molar-refractivity contribution < 1.29 is 4.79 Å². The van der Waals surface area contributed by atoms with Crippen molar-refractivity contribution in [1.82, 2.24) is 5.43 Å². The van der Waals surface area contributed by atoms with Crippen LogP contribution < -0.4 is 11.3 Å². The summed E-state index contributed by atoms with van der Waals surface area (Å²) >= 11 is 0. The number of nitrogens with one attached hydrogen (secondary N) is 1. The van der Waals surface area contributed by atoms with Gasteiger partial charge < -0.3 is 0 Å². The van der Waals surface area contributed by atoms with E-state index in [2.05, 4.69) is 29.7 Å². The molecular formula is C15H22N2O. The third-order valence-corrected chi connectivity index (χ3v) is 3.86. The lowest BCUT2D eigenvalue weighted by Gasteiger charge is -2.22. The predicted molar refractivity (Wildman–Crippen MR) is 72.9 cm³/mol. The highest BCUT2D eigenvalue weighted by molar-refractivity contribution is 5.75. The van der Waals surface area contributed by atoms with Crippen LogP contribution in [0.4, 0.5) is 0 Å². The lowest BCUT2D eigenvalue weighted by atomic mass is 9.84. The fraction of sp³-hybridized carbons (Fsp3) is 0.533. The molecule has 1 aromatic carbocycles. The van der Waals surface area contributed by atoms with Crippen molar-refractivity contribution in [3.05, 3.63) is 35.4 Å². The number of hydrogen-bond donors (Lipinski definition) is 2. The van der Waals surface area contributed by atoms with Crippen molar-refractivity contribution in [3.8, 4) is 0 Å². The molecule has 0 saturated heterocycles. The van der Waals surface area contributed by atoms with E-state index >= 15 is 0 Å². The molecule has 0 heterocycles. The molecule has 1 aromatic rings. The molecule has 18 heavy (non-hydrogen) atoms. The molecule has 1 amide bonds. The molecule has 0 radical (unpaired) electrons. The topological polar surface area (TPSA) is 55.1 Å². The number of nitrogens with two attached hydrogens (primary N) is 1. The van der Waals surface area contributed by atoms with E-state index in [1.807, 2.05) is 0 Å². The molecule has 1 saturated carbocycles. The summed E-state index contributed by atoms with van der Waals surface area (Å²) in [5, 5.41) is 0. The van der Waals surface area contributed by atoms with Crippen LogP contribution in [0.1, 0.15) is 55.6 Å². The third kappa shape index (κ3) is 3.57. The van der Waals surface area contributed by atoms with Crippen molar-refractivity contribution in [2.75, 3.05) is 0 Å². The standard InChI is InChI=1S/C15H22N2O/c16-17-15(18)11-8-12-6-9-14(10-7-12)13-4-2-1-3-5-13/h6-7,9-10,13H,1-5,8,11,16H2,(H,17,18). The minimum atomic E-state index is -0.105. The van der Waals surface area contributed by atoms with Gasteiger partial charge in [0.05, 0.1) is 0 Å². The molecule has 0 atom stereocenters. The minimum Gasteiger partial charge on any atom is -0.294 e. The molecule has 3 nitrogen and oxygen atoms in total. The molecule has 1 aliphatic rings. The van der Waals surface area contributed by atoms with E-state index < -0.39 is 0 Å². The molecule has 1 fully saturated rings. The number of carbonyl (C=O) groups excluding carboxylic acids is 1. The zero-order valence-electron chi connectivity index (χ0n) is 10.8. The first-order valence-corrected chi connectivity index (χ1v) is 6.88. The molecule has 0 aliphatic heterocycles. The van der Waals surface area contributed by atoms with Crippen molar-refractivity contribution in [2.45, 2.75) is 50.9 Å². The summed E-state index contributed by atoms with van der Waals surface area (Å²) in [7, 11) is 0. The maximum Gasteiger partial charge on any atom is 0.234 e. The van der Waals surface area contributed by atoms with Crippen molar-refractivity contribution >= 4 is 5.91 Å². The first-order chi connectivity index (χ1) is 8.79. The molecule has 3 heteroatoms. The molecule has 0 unspecified atom stereocenters. The van der Waals surface area contributed by atoms with E-state index in [9.17, 15) is 4.79 Å². The third-order valence-electron chi connectivity index (χ3n) is 3.86. The maximum atomic E-state index is 11.1. The number of hydrazine groups is 1. The number of amides is 1. The Hall–Kier alpha value is -1.35. The normalized spacial score (nSPS) is 16.5. The van der Waals surface area contributed by atoms with Gasteiger partial charge in [0.15, 0.2) is 0 Å². The van der Waals surface area contributed by atoms with Gasteiger partial charge in [0.2, 0.25) is 5.91 Å². The van der Waals surface area contributed by atoms with E-state index in [1.165, 1.54) is 43.2 Å². The number of carbonyl (C=O) groups is 1. The van der Waals surface area contributed by atoms with Crippen LogP contribution in [-0.4, -0.2) is 5.91 Å². The van der Waals surface area contributed by atoms with Gasteiger partial charge >= 0.3 is 0 Å². The second kappa shape index (κ2) is 6.55. The summed E-state index contributed by atoms with van der Waals surface area (Å²) in [4.78, 5) is 11.1. The van der Waals surface area contributed by atoms with Gasteiger partial charge in [0.25, 0.3) is 0 Å². The second-order valence-electron chi connectivity index (χ2n) is 5.14. The van der Waals surface area contributed by atoms with Crippen LogP contribution >= 0.6 is 0 Å². The molecule has 98 valence electrons. The van der Waals surface area contributed by atoms with Gasteiger partial charge in [-0.05, 0) is 36.3 Å². The molecular weight excluding hydrogens is 224 g/mol. The van der Waals surface area contributed by atoms with Gasteiger partial charge in [-0.25, -0.2) is 5.84 Å². The van der Waals surface area contributed by atoms with Gasteiger partial charge in [-0.1, -0.05) is 43.5 Å². The summed E-state index contributed by atoms with van der Waals surface area (Å²) in [6.45, 7) is 0. The van der Waals surface area contributed by atoms with Crippen LogP contribution in [0.25, 0.3) is 0 Å². The molecule has 0 spiro atoms. The smallest absolute Gasteiger partial charge is 0.234 e. The number of rotatable bonds is 4. The highest BCUT2D eigenvalue weighted by Gasteiger charge is 2.14. The summed E-state index contributed by atoms with van der Waals surface area (Å²) in [5.41, 5.74) is 4.83. The second-order valence-corrected chi connectivity index (χ2v) is 5.14. The van der Waals surface area contributed by atoms with Crippen LogP contribution in [0.15, 0.2) is 24.3 Å². The molecule has 0 bridgehead atoms. The van der Waals surface area contributed by atoms with Gasteiger partial charge in [-0.3, -0.25) is 10.2 Å². The van der Waals surface area contributed by atoms with E-state index in [1.54, 1.807) is 0 Å². The van der Waals surface area contributed by atoms with E-state index in [0.29, 0.717) is 6.42 Å². The fourth-order valence-electron chi connectivity index (χ4n) is 2.72. The van der Waals surface area contributed by atoms with Crippen molar-refractivity contribution in [2.24, 2.45) is 5.84 Å². The van der Waals surface area contributed by atoms with Crippen LogP contribution in [0.3, 0.4) is 0 Å². The van der Waals surface area contributed by atoms with E-state index in [0.717, 1.165) is 12.3 Å². The average Bonchev–Trinajstić information content (AvgIpc) is 2.46. The summed E-state index contributed by atoms with van der Waals surface area (Å²) in [6, 6.07) is 8.75. The number of benzene rings is 1. The lowest BCUT2D eigenvalue weighted by molar-refractivity contribution is -0.121. The van der Waals surface area contributed by atoms with Crippen LogP contribution in [-0.2, 0) is 11.2 Å². The summed E-state index contributed by atoms with van der Waals surface area (Å²) in [5.74, 6) is 5.70. The Labute approximate surface area is 109 Å². The van der Waals surface area contributed by atoms with Gasteiger partial charge in [-0.2, -0.15) is 0 Å². The van der Waals surface area contributed by atoms with Gasteiger partial charge in [-0.15, -0.1) is 0 Å². The minimum absolute atomic E-state index is 0.105. The SMILES string of the molecule is NNC(=O)CCc1ccc(C2CCCCC2)cc1. The molecule has 2 rings (SSSR count). The molecule has 0 aromatic heterocycles. The van der Waals surface area contributed by atoms with Gasteiger partial charge in [0.1, 0.15) is 0 Å². The number of hydrogen-bond acceptors (Lipinski definition) is 2. The lowest BCUT2D eigenvalue weighted by Crippen LogP contribution is -2.30. The van der Waals surface area contributed by atoms with Crippen LogP contribution in [0.5, 0.6) is 0 Å². The first-order valence-electron chi connectivity index (χ1n) is 6.88. The zero-order valence-corrected chi connectivity index (χ0v) is 10.8. The zero-order chi connectivity index (χ0) is 12.8. The monoisotopic (exact) mass is 246 g/mol. The highest BCUT2D eigenvalue weighted by atomic mass is 16.2. The van der Waals surface area contributed by atoms with Crippen LogP contribution in [0.2, 0.25) is 0 Å². The Bertz CT molecular complexity index is 380. The first kappa shape index (κ1) is 13.1. The molecule has 3 N–H and O–H groups in total.